The molecule has 0 fully saturated rings. The molecule has 0 aromatic carbocycles. The van der Waals surface area contributed by atoms with Crippen molar-refractivity contribution in [2.45, 2.75) is 147 Å². The number of unbranched alkanes of at least 4 members (excludes halogenated alkanes) is 13. The summed E-state index contributed by atoms with van der Waals surface area (Å²) in [6, 6.07) is 0. The fourth-order valence-electron chi connectivity index (χ4n) is 3.80. The summed E-state index contributed by atoms with van der Waals surface area (Å²) in [5.41, 5.74) is 0. The summed E-state index contributed by atoms with van der Waals surface area (Å²) in [6.07, 6.45) is 19.6. The van der Waals surface area contributed by atoms with Gasteiger partial charge in [-0.3, -0.25) is 0 Å². The van der Waals surface area contributed by atoms with Crippen molar-refractivity contribution >= 4 is 10.1 Å². The van der Waals surface area contributed by atoms with E-state index in [0.29, 0.717) is 19.3 Å². The van der Waals surface area contributed by atoms with Gasteiger partial charge in [-0.05, 0) is 25.7 Å². The van der Waals surface area contributed by atoms with Crippen molar-refractivity contribution in [1.82, 2.24) is 0 Å². The van der Waals surface area contributed by atoms with E-state index >= 15 is 0 Å². The first-order valence-electron chi connectivity index (χ1n) is 12.0. The second kappa shape index (κ2) is 22.7. The van der Waals surface area contributed by atoms with Crippen molar-refractivity contribution in [3.8, 4) is 0 Å². The van der Waals surface area contributed by atoms with Crippen LogP contribution >= 0.6 is 0 Å². The van der Waals surface area contributed by atoms with Gasteiger partial charge >= 0.3 is 51.4 Å². The van der Waals surface area contributed by atoms with Gasteiger partial charge in [0.05, 0.1) is 16.2 Å². The second-order valence-corrected chi connectivity index (χ2v) is 10.2. The van der Waals surface area contributed by atoms with E-state index in [0.717, 1.165) is 38.5 Å². The molecule has 0 saturated heterocycles. The minimum atomic E-state index is -4.25. The smallest absolute Gasteiger partial charge is 0.748 e. The van der Waals surface area contributed by atoms with Crippen LogP contribution in [0, 0.1) is 0 Å². The van der Waals surface area contributed by atoms with Crippen molar-refractivity contribution in [2.24, 2.45) is 0 Å². The maximum absolute atomic E-state index is 11.4. The Labute approximate surface area is 224 Å². The van der Waals surface area contributed by atoms with E-state index in [2.05, 4.69) is 13.8 Å². The van der Waals surface area contributed by atoms with Crippen molar-refractivity contribution in [3.63, 3.8) is 0 Å². The van der Waals surface area contributed by atoms with Gasteiger partial charge in [0, 0.05) is 5.25 Å². The van der Waals surface area contributed by atoms with Crippen LogP contribution in [0.5, 0.6) is 0 Å². The number of hydrogen-bond donors (Lipinski definition) is 1. The Balaban J connectivity index is 0. The minimum absolute atomic E-state index is 0. The van der Waals surface area contributed by atoms with Crippen molar-refractivity contribution in [3.05, 3.63) is 0 Å². The summed E-state index contributed by atoms with van der Waals surface area (Å²) >= 11 is 0. The van der Waals surface area contributed by atoms with Gasteiger partial charge in [-0.1, -0.05) is 110 Å². The van der Waals surface area contributed by atoms with Crippen LogP contribution < -0.4 is 51.4 Å². The van der Waals surface area contributed by atoms with Crippen LogP contribution in [0.3, 0.4) is 0 Å². The van der Waals surface area contributed by atoms with Crippen LogP contribution in [0.4, 0.5) is 0 Å². The van der Waals surface area contributed by atoms with Crippen molar-refractivity contribution < 1.29 is 69.5 Å². The normalized spacial score (nSPS) is 13.8. The minimum Gasteiger partial charge on any atom is -0.748 e. The summed E-state index contributed by atoms with van der Waals surface area (Å²) < 4.78 is 34.1. The average Bonchev–Trinajstić information content (AvgIpc) is 2.64. The second-order valence-electron chi connectivity index (χ2n) is 8.52. The first kappa shape index (κ1) is 32.7. The molecule has 0 saturated carbocycles. The monoisotopic (exact) mass is 458 g/mol. The van der Waals surface area contributed by atoms with E-state index < -0.39 is 21.5 Å². The molecule has 29 heavy (non-hydrogen) atoms. The summed E-state index contributed by atoms with van der Waals surface area (Å²) in [7, 11) is -4.25. The topological polar surface area (TPSA) is 77.4 Å². The Kier molecular flexibility index (Phi) is 25.6. The third-order valence-electron chi connectivity index (χ3n) is 5.75. The van der Waals surface area contributed by atoms with Crippen LogP contribution in [0.15, 0.2) is 0 Å². The third kappa shape index (κ3) is 22.5. The van der Waals surface area contributed by atoms with Gasteiger partial charge in [0.1, 0.15) is 0 Å². The molecule has 0 aromatic heterocycles. The van der Waals surface area contributed by atoms with Crippen LogP contribution in [0.25, 0.3) is 0 Å². The van der Waals surface area contributed by atoms with Gasteiger partial charge in [-0.15, -0.1) is 0 Å². The summed E-state index contributed by atoms with van der Waals surface area (Å²) in [6.45, 7) is 4.31. The maximum Gasteiger partial charge on any atom is 1.00 e. The molecule has 0 aliphatic carbocycles. The standard InChI is InChI=1S/C23H48O4S.K/c1-3-5-7-8-9-10-11-12-13-14-15-17-18-22(24)20-21-23(28(25,26)27)19-16-6-4-2;/h22-24H,3-21H2,1-2H3,(H,25,26,27);/q;+1/p-1. The van der Waals surface area contributed by atoms with Crippen molar-refractivity contribution in [2.75, 3.05) is 0 Å². The van der Waals surface area contributed by atoms with E-state index in [9.17, 15) is 18.1 Å². The van der Waals surface area contributed by atoms with E-state index in [1.807, 2.05) is 0 Å². The predicted octanol–water partition coefficient (Wildman–Crippen LogP) is 3.72. The molecule has 0 heterocycles. The van der Waals surface area contributed by atoms with Gasteiger partial charge in [0.2, 0.25) is 0 Å². The SMILES string of the molecule is CCCCCCCCCCCCCCC(O)CCC(CCCCC)S(=O)(=O)[O-].[K+]. The molecule has 0 amide bonds. The first-order valence-corrected chi connectivity index (χ1v) is 13.5. The summed E-state index contributed by atoms with van der Waals surface area (Å²) in [5, 5.41) is 9.28. The molecule has 0 aromatic rings. The molecule has 170 valence electrons. The predicted molar refractivity (Wildman–Crippen MR) is 119 cm³/mol. The van der Waals surface area contributed by atoms with Gasteiger partial charge in [0.25, 0.3) is 0 Å². The number of rotatable bonds is 21. The maximum atomic E-state index is 11.4. The van der Waals surface area contributed by atoms with Crippen LogP contribution in [0.2, 0.25) is 0 Å². The molecule has 0 radical (unpaired) electrons. The Morgan fingerprint density at radius 2 is 1.00 bits per heavy atom. The molecule has 1 N–H and O–H groups in total. The first-order chi connectivity index (χ1) is 13.4. The molecule has 2 unspecified atom stereocenters. The molecular weight excluding hydrogens is 411 g/mol. The molecule has 4 nitrogen and oxygen atoms in total. The molecule has 6 heteroatoms. The quantitative estimate of drug-likeness (QED) is 0.162. The largest absolute Gasteiger partial charge is 1.00 e. The third-order valence-corrected chi connectivity index (χ3v) is 7.04. The van der Waals surface area contributed by atoms with E-state index in [1.54, 1.807) is 0 Å². The van der Waals surface area contributed by atoms with E-state index in [-0.39, 0.29) is 51.4 Å². The van der Waals surface area contributed by atoms with Crippen LogP contribution in [-0.4, -0.2) is 29.4 Å². The van der Waals surface area contributed by atoms with E-state index in [1.165, 1.54) is 64.2 Å². The Bertz CT molecular complexity index is 429. The van der Waals surface area contributed by atoms with E-state index in [4.69, 9.17) is 0 Å². The number of aliphatic hydroxyl groups is 1. The Hall–Kier alpha value is 1.51. The van der Waals surface area contributed by atoms with Gasteiger partial charge in [0.15, 0.2) is 0 Å². The molecular formula is C23H47KO4S. The van der Waals surface area contributed by atoms with Gasteiger partial charge < -0.3 is 9.66 Å². The zero-order valence-electron chi connectivity index (χ0n) is 19.7. The van der Waals surface area contributed by atoms with Crippen molar-refractivity contribution in [1.29, 1.82) is 0 Å². The zero-order valence-corrected chi connectivity index (χ0v) is 23.6. The zero-order chi connectivity index (χ0) is 21.1. The molecule has 0 spiro atoms. The molecule has 2 atom stereocenters. The Morgan fingerprint density at radius 3 is 1.45 bits per heavy atom. The fourth-order valence-corrected chi connectivity index (χ4v) is 4.68. The fraction of sp³-hybridized carbons (Fsp3) is 1.00. The van der Waals surface area contributed by atoms with Gasteiger partial charge in [-0.25, -0.2) is 8.42 Å². The average molecular weight is 459 g/mol. The summed E-state index contributed by atoms with van der Waals surface area (Å²) in [4.78, 5) is 0. The molecule has 0 bridgehead atoms. The Morgan fingerprint density at radius 1 is 0.621 bits per heavy atom. The molecule has 0 aliphatic heterocycles. The van der Waals surface area contributed by atoms with Gasteiger partial charge in [-0.2, -0.15) is 0 Å². The molecule has 0 aliphatic rings. The van der Waals surface area contributed by atoms with Crippen LogP contribution in [0.1, 0.15) is 136 Å². The number of hydrogen-bond acceptors (Lipinski definition) is 4. The molecule has 0 rings (SSSR count). The van der Waals surface area contributed by atoms with Crippen LogP contribution in [-0.2, 0) is 10.1 Å². The summed E-state index contributed by atoms with van der Waals surface area (Å²) in [5.74, 6) is 0. The number of aliphatic hydroxyl groups excluding tert-OH is 1.